The molecule has 102 valence electrons. The average molecular weight is 254 g/mol. The van der Waals surface area contributed by atoms with Crippen molar-refractivity contribution in [1.29, 1.82) is 0 Å². The fourth-order valence-corrected chi connectivity index (χ4v) is 3.43. The van der Waals surface area contributed by atoms with E-state index in [9.17, 15) is 4.79 Å². The number of nitrogens with zero attached hydrogens (tertiary/aromatic N) is 1. The molecule has 3 fully saturated rings. The van der Waals surface area contributed by atoms with Gasteiger partial charge in [0.15, 0.2) is 0 Å². The lowest BCUT2D eigenvalue weighted by atomic mass is 9.98. The van der Waals surface area contributed by atoms with Crippen LogP contribution < -0.4 is 5.32 Å². The van der Waals surface area contributed by atoms with Crippen LogP contribution in [0, 0.1) is 0 Å². The van der Waals surface area contributed by atoms with Gasteiger partial charge in [-0.3, -0.25) is 10.1 Å². The minimum atomic E-state index is -0.269. The zero-order valence-corrected chi connectivity index (χ0v) is 11.0. The van der Waals surface area contributed by atoms with E-state index in [1.165, 1.54) is 0 Å². The molecule has 5 nitrogen and oxygen atoms in total. The zero-order valence-electron chi connectivity index (χ0n) is 11.0. The first-order chi connectivity index (χ1) is 8.71. The van der Waals surface area contributed by atoms with Crippen molar-refractivity contribution in [1.82, 2.24) is 10.2 Å². The summed E-state index contributed by atoms with van der Waals surface area (Å²) in [4.78, 5) is 14.5. The number of ether oxygens (including phenoxy) is 2. The lowest BCUT2D eigenvalue weighted by Gasteiger charge is -2.29. The van der Waals surface area contributed by atoms with Gasteiger partial charge in [-0.05, 0) is 19.8 Å². The number of hydrogen-bond acceptors (Lipinski definition) is 4. The van der Waals surface area contributed by atoms with Crippen LogP contribution in [-0.4, -0.2) is 55.0 Å². The van der Waals surface area contributed by atoms with Gasteiger partial charge in [-0.25, -0.2) is 0 Å². The molecule has 3 aliphatic rings. The third kappa shape index (κ3) is 2.04. The Morgan fingerprint density at radius 2 is 2.17 bits per heavy atom. The summed E-state index contributed by atoms with van der Waals surface area (Å²) in [5.74, 6) is 0.265. The van der Waals surface area contributed by atoms with Gasteiger partial charge in [0.2, 0.25) is 5.91 Å². The Hall–Kier alpha value is -0.650. The normalized spacial score (nSPS) is 35.6. The minimum Gasteiger partial charge on any atom is -0.376 e. The van der Waals surface area contributed by atoms with E-state index < -0.39 is 0 Å². The van der Waals surface area contributed by atoms with Crippen molar-refractivity contribution in [3.63, 3.8) is 0 Å². The molecule has 1 spiro atoms. The van der Waals surface area contributed by atoms with Crippen LogP contribution in [-0.2, 0) is 14.3 Å². The predicted octanol–water partition coefficient (Wildman–Crippen LogP) is 0.492. The summed E-state index contributed by atoms with van der Waals surface area (Å²) < 4.78 is 11.0. The van der Waals surface area contributed by atoms with E-state index in [1.54, 1.807) is 0 Å². The molecule has 2 unspecified atom stereocenters. The lowest BCUT2D eigenvalue weighted by Crippen LogP contribution is -2.46. The fourth-order valence-electron chi connectivity index (χ4n) is 3.43. The summed E-state index contributed by atoms with van der Waals surface area (Å²) in [6, 6.07) is 0. The van der Waals surface area contributed by atoms with Crippen LogP contribution >= 0.6 is 0 Å². The summed E-state index contributed by atoms with van der Waals surface area (Å²) in [7, 11) is 0. The lowest BCUT2D eigenvalue weighted by molar-refractivity contribution is -0.139. The molecule has 1 N–H and O–H groups in total. The summed E-state index contributed by atoms with van der Waals surface area (Å²) >= 11 is 0. The van der Waals surface area contributed by atoms with Gasteiger partial charge in [-0.1, -0.05) is 12.8 Å². The summed E-state index contributed by atoms with van der Waals surface area (Å²) in [5.41, 5.74) is -0.269. The summed E-state index contributed by atoms with van der Waals surface area (Å²) in [6.45, 7) is 4.62. The standard InChI is InChI=1S/C13H22N2O3/c1-10-14-13(4-2-3-5-13)12(16)15(10)8-11-9-17-6-7-18-11/h10-11,14H,2-9H2,1H3. The Bertz CT molecular complexity index is 322. The first-order valence-electron chi connectivity index (χ1n) is 6.99. The third-order valence-electron chi connectivity index (χ3n) is 4.37. The van der Waals surface area contributed by atoms with Gasteiger partial charge in [-0.2, -0.15) is 0 Å². The average Bonchev–Trinajstić information content (AvgIpc) is 2.93. The Morgan fingerprint density at radius 3 is 2.83 bits per heavy atom. The number of carbonyl (C=O) groups excluding carboxylic acids is 1. The van der Waals surface area contributed by atoms with Gasteiger partial charge < -0.3 is 14.4 Å². The Balaban J connectivity index is 1.66. The highest BCUT2D eigenvalue weighted by Gasteiger charge is 2.51. The summed E-state index contributed by atoms with van der Waals surface area (Å²) in [5, 5.41) is 3.50. The molecule has 0 aromatic rings. The van der Waals surface area contributed by atoms with Gasteiger partial charge >= 0.3 is 0 Å². The molecule has 0 aromatic heterocycles. The van der Waals surface area contributed by atoms with Crippen molar-refractivity contribution < 1.29 is 14.3 Å². The Morgan fingerprint density at radius 1 is 1.39 bits per heavy atom. The molecule has 18 heavy (non-hydrogen) atoms. The van der Waals surface area contributed by atoms with E-state index in [0.29, 0.717) is 26.4 Å². The number of nitrogens with one attached hydrogen (secondary N) is 1. The maximum Gasteiger partial charge on any atom is 0.244 e. The molecule has 2 atom stereocenters. The molecule has 1 amide bonds. The first-order valence-corrected chi connectivity index (χ1v) is 6.99. The molecular formula is C13H22N2O3. The first kappa shape index (κ1) is 12.4. The largest absolute Gasteiger partial charge is 0.376 e. The molecule has 1 saturated carbocycles. The highest BCUT2D eigenvalue weighted by molar-refractivity contribution is 5.89. The van der Waals surface area contributed by atoms with Crippen molar-refractivity contribution in [2.45, 2.75) is 50.4 Å². The molecule has 5 heteroatoms. The van der Waals surface area contributed by atoms with Crippen molar-refractivity contribution >= 4 is 5.91 Å². The second kappa shape index (κ2) is 4.79. The molecule has 0 aromatic carbocycles. The van der Waals surface area contributed by atoms with E-state index in [-0.39, 0.29) is 23.7 Å². The fraction of sp³-hybridized carbons (Fsp3) is 0.923. The van der Waals surface area contributed by atoms with Gasteiger partial charge in [0.25, 0.3) is 0 Å². The van der Waals surface area contributed by atoms with E-state index in [2.05, 4.69) is 12.2 Å². The van der Waals surface area contributed by atoms with Crippen LogP contribution in [0.2, 0.25) is 0 Å². The number of hydrogen-bond donors (Lipinski definition) is 1. The van der Waals surface area contributed by atoms with Crippen molar-refractivity contribution in [3.8, 4) is 0 Å². The number of rotatable bonds is 2. The van der Waals surface area contributed by atoms with Crippen LogP contribution in [0.5, 0.6) is 0 Å². The summed E-state index contributed by atoms with van der Waals surface area (Å²) in [6.07, 6.45) is 4.42. The zero-order chi connectivity index (χ0) is 12.6. The highest BCUT2D eigenvalue weighted by Crippen LogP contribution is 2.36. The molecule has 2 aliphatic heterocycles. The van der Waals surface area contributed by atoms with Crippen LogP contribution in [0.1, 0.15) is 32.6 Å². The SMILES string of the molecule is CC1NC2(CCCC2)C(=O)N1CC1COCCO1. The second-order valence-electron chi connectivity index (χ2n) is 5.63. The molecule has 0 radical (unpaired) electrons. The molecular weight excluding hydrogens is 232 g/mol. The van der Waals surface area contributed by atoms with E-state index >= 15 is 0 Å². The van der Waals surface area contributed by atoms with Gasteiger partial charge in [0, 0.05) is 0 Å². The predicted molar refractivity (Wildman–Crippen MR) is 66.1 cm³/mol. The van der Waals surface area contributed by atoms with Crippen molar-refractivity contribution in [2.24, 2.45) is 0 Å². The van der Waals surface area contributed by atoms with E-state index in [1.807, 2.05) is 4.90 Å². The monoisotopic (exact) mass is 254 g/mol. The van der Waals surface area contributed by atoms with Crippen LogP contribution in [0.15, 0.2) is 0 Å². The second-order valence-corrected chi connectivity index (χ2v) is 5.63. The Labute approximate surface area is 108 Å². The van der Waals surface area contributed by atoms with E-state index in [4.69, 9.17) is 9.47 Å². The van der Waals surface area contributed by atoms with Crippen molar-refractivity contribution in [2.75, 3.05) is 26.4 Å². The van der Waals surface area contributed by atoms with Crippen molar-refractivity contribution in [3.05, 3.63) is 0 Å². The molecule has 3 rings (SSSR count). The maximum absolute atomic E-state index is 12.6. The molecule has 2 heterocycles. The van der Waals surface area contributed by atoms with Gasteiger partial charge in [0.05, 0.1) is 44.2 Å². The van der Waals surface area contributed by atoms with Crippen LogP contribution in [0.3, 0.4) is 0 Å². The Kier molecular flexibility index (Phi) is 3.30. The topological polar surface area (TPSA) is 50.8 Å². The maximum atomic E-state index is 12.6. The number of amides is 1. The van der Waals surface area contributed by atoms with Gasteiger partial charge in [-0.15, -0.1) is 0 Å². The minimum absolute atomic E-state index is 0.0310. The molecule has 2 saturated heterocycles. The highest BCUT2D eigenvalue weighted by atomic mass is 16.6. The molecule has 1 aliphatic carbocycles. The van der Waals surface area contributed by atoms with Gasteiger partial charge in [0.1, 0.15) is 0 Å². The number of carbonyl (C=O) groups is 1. The quantitative estimate of drug-likeness (QED) is 0.779. The van der Waals surface area contributed by atoms with E-state index in [0.717, 1.165) is 25.7 Å². The molecule has 0 bridgehead atoms. The smallest absolute Gasteiger partial charge is 0.244 e. The van der Waals surface area contributed by atoms with Crippen LogP contribution in [0.25, 0.3) is 0 Å². The van der Waals surface area contributed by atoms with Crippen LogP contribution in [0.4, 0.5) is 0 Å². The third-order valence-corrected chi connectivity index (χ3v) is 4.37.